The fourth-order valence-corrected chi connectivity index (χ4v) is 1.86. The molecule has 1 aromatic heterocycles. The number of aromatic nitrogens is 2. The molecule has 0 saturated heterocycles. The van der Waals surface area contributed by atoms with E-state index in [1.807, 2.05) is 13.0 Å². The van der Waals surface area contributed by atoms with Crippen LogP contribution in [0.5, 0.6) is 11.6 Å². The van der Waals surface area contributed by atoms with Gasteiger partial charge < -0.3 is 10.5 Å². The van der Waals surface area contributed by atoms with Crippen molar-refractivity contribution >= 4 is 5.82 Å². The van der Waals surface area contributed by atoms with Crippen LogP contribution in [0.4, 0.5) is 5.82 Å². The van der Waals surface area contributed by atoms with Crippen LogP contribution in [0.3, 0.4) is 0 Å². The fourth-order valence-electron chi connectivity index (χ4n) is 1.86. The van der Waals surface area contributed by atoms with Gasteiger partial charge in [0.15, 0.2) is 0 Å². The van der Waals surface area contributed by atoms with Crippen molar-refractivity contribution in [1.29, 1.82) is 0 Å². The fraction of sp³-hybridized carbons (Fsp3) is 0.333. The van der Waals surface area contributed by atoms with Gasteiger partial charge in [-0.15, -0.1) is 0 Å². The maximum Gasteiger partial charge on any atom is 0.224 e. The third kappa shape index (κ3) is 3.22. The zero-order valence-corrected chi connectivity index (χ0v) is 11.8. The van der Waals surface area contributed by atoms with Gasteiger partial charge in [0, 0.05) is 11.6 Å². The van der Waals surface area contributed by atoms with E-state index < -0.39 is 0 Å². The van der Waals surface area contributed by atoms with Crippen molar-refractivity contribution in [1.82, 2.24) is 9.97 Å². The lowest BCUT2D eigenvalue weighted by Gasteiger charge is -2.22. The standard InChI is InChI=1S/C15H19N3O/c1-10-5-6-11(15(2,3)4)12(7-10)19-14-8-13(16)17-9-18-14/h5-9H,1-4H3,(H2,16,17,18). The molecule has 0 aliphatic rings. The Hall–Kier alpha value is -2.10. The SMILES string of the molecule is Cc1ccc(C(C)(C)C)c(Oc2cc(N)ncn2)c1. The number of rotatable bonds is 2. The largest absolute Gasteiger partial charge is 0.439 e. The summed E-state index contributed by atoms with van der Waals surface area (Å²) in [5.74, 6) is 1.67. The minimum absolute atomic E-state index is 0.00160. The molecule has 1 aromatic carbocycles. The van der Waals surface area contributed by atoms with E-state index in [0.29, 0.717) is 11.7 Å². The highest BCUT2D eigenvalue weighted by atomic mass is 16.5. The quantitative estimate of drug-likeness (QED) is 0.895. The molecule has 1 heterocycles. The first-order valence-electron chi connectivity index (χ1n) is 6.23. The normalized spacial score (nSPS) is 11.4. The molecule has 0 fully saturated rings. The first-order valence-corrected chi connectivity index (χ1v) is 6.23. The Balaban J connectivity index is 2.41. The summed E-state index contributed by atoms with van der Waals surface area (Å²) >= 11 is 0. The number of ether oxygens (including phenoxy) is 1. The van der Waals surface area contributed by atoms with Crippen LogP contribution in [0.2, 0.25) is 0 Å². The van der Waals surface area contributed by atoms with Gasteiger partial charge in [0.1, 0.15) is 17.9 Å². The number of benzene rings is 1. The first-order chi connectivity index (χ1) is 8.86. The number of nitrogens with two attached hydrogens (primary N) is 1. The number of hydrogen-bond donors (Lipinski definition) is 1. The van der Waals surface area contributed by atoms with Crippen LogP contribution in [0.25, 0.3) is 0 Å². The number of anilines is 1. The third-order valence-electron chi connectivity index (χ3n) is 2.82. The molecule has 0 aliphatic carbocycles. The maximum atomic E-state index is 5.87. The zero-order chi connectivity index (χ0) is 14.0. The van der Waals surface area contributed by atoms with Gasteiger partial charge in [0.2, 0.25) is 5.88 Å². The highest BCUT2D eigenvalue weighted by Gasteiger charge is 2.19. The molecule has 0 spiro atoms. The summed E-state index contributed by atoms with van der Waals surface area (Å²) < 4.78 is 5.87. The van der Waals surface area contributed by atoms with Crippen LogP contribution >= 0.6 is 0 Å². The van der Waals surface area contributed by atoms with Crippen molar-refractivity contribution in [3.8, 4) is 11.6 Å². The van der Waals surface area contributed by atoms with Crippen molar-refractivity contribution < 1.29 is 4.74 Å². The highest BCUT2D eigenvalue weighted by Crippen LogP contribution is 2.34. The molecule has 100 valence electrons. The lowest BCUT2D eigenvalue weighted by molar-refractivity contribution is 0.439. The van der Waals surface area contributed by atoms with E-state index in [1.165, 1.54) is 6.33 Å². The van der Waals surface area contributed by atoms with Gasteiger partial charge in [-0.05, 0) is 24.0 Å². The number of hydrogen-bond acceptors (Lipinski definition) is 4. The zero-order valence-electron chi connectivity index (χ0n) is 11.8. The smallest absolute Gasteiger partial charge is 0.224 e. The molecule has 0 unspecified atom stereocenters. The molecule has 4 heteroatoms. The topological polar surface area (TPSA) is 61.0 Å². The van der Waals surface area contributed by atoms with E-state index >= 15 is 0 Å². The number of nitrogen functional groups attached to an aromatic ring is 1. The van der Waals surface area contributed by atoms with Gasteiger partial charge in [-0.2, -0.15) is 0 Å². The van der Waals surface area contributed by atoms with Crippen molar-refractivity contribution in [2.45, 2.75) is 33.1 Å². The molecule has 0 saturated carbocycles. The van der Waals surface area contributed by atoms with E-state index in [1.54, 1.807) is 6.07 Å². The first kappa shape index (κ1) is 13.3. The highest BCUT2D eigenvalue weighted by molar-refractivity contribution is 5.44. The Morgan fingerprint density at radius 3 is 2.47 bits per heavy atom. The summed E-state index contributed by atoms with van der Waals surface area (Å²) in [5, 5.41) is 0. The number of aryl methyl sites for hydroxylation is 1. The average molecular weight is 257 g/mol. The van der Waals surface area contributed by atoms with Crippen molar-refractivity contribution in [3.05, 3.63) is 41.7 Å². The lowest BCUT2D eigenvalue weighted by atomic mass is 9.86. The van der Waals surface area contributed by atoms with Crippen LogP contribution in [0, 0.1) is 6.92 Å². The molecular weight excluding hydrogens is 238 g/mol. The molecule has 19 heavy (non-hydrogen) atoms. The third-order valence-corrected chi connectivity index (χ3v) is 2.82. The van der Waals surface area contributed by atoms with E-state index in [4.69, 9.17) is 10.5 Å². The summed E-state index contributed by atoms with van der Waals surface area (Å²) in [6, 6.07) is 7.81. The Bertz CT molecular complexity index is 588. The molecule has 0 atom stereocenters. The van der Waals surface area contributed by atoms with E-state index in [0.717, 1.165) is 16.9 Å². The van der Waals surface area contributed by atoms with Gasteiger partial charge in [0.05, 0.1) is 0 Å². The summed E-state index contributed by atoms with van der Waals surface area (Å²) in [7, 11) is 0. The average Bonchev–Trinajstić information content (AvgIpc) is 2.27. The van der Waals surface area contributed by atoms with Crippen molar-refractivity contribution in [3.63, 3.8) is 0 Å². The molecule has 0 radical (unpaired) electrons. The molecule has 2 rings (SSSR count). The van der Waals surface area contributed by atoms with E-state index in [2.05, 4.69) is 42.9 Å². The molecule has 4 nitrogen and oxygen atoms in total. The molecule has 2 aromatic rings. The van der Waals surface area contributed by atoms with Gasteiger partial charge in [-0.3, -0.25) is 0 Å². The Morgan fingerprint density at radius 2 is 1.84 bits per heavy atom. The van der Waals surface area contributed by atoms with Crippen LogP contribution in [0.15, 0.2) is 30.6 Å². The summed E-state index contributed by atoms with van der Waals surface area (Å²) in [6.45, 7) is 8.49. The van der Waals surface area contributed by atoms with Gasteiger partial charge in [-0.25, -0.2) is 9.97 Å². The summed E-state index contributed by atoms with van der Waals surface area (Å²) in [6.07, 6.45) is 1.40. The van der Waals surface area contributed by atoms with Crippen molar-refractivity contribution in [2.24, 2.45) is 0 Å². The van der Waals surface area contributed by atoms with E-state index in [9.17, 15) is 0 Å². The molecule has 0 aliphatic heterocycles. The van der Waals surface area contributed by atoms with Crippen LogP contribution in [-0.2, 0) is 5.41 Å². The predicted octanol–water partition coefficient (Wildman–Crippen LogP) is 3.46. The molecule has 0 bridgehead atoms. The Kier molecular flexibility index (Phi) is 3.42. The van der Waals surface area contributed by atoms with Gasteiger partial charge in [-0.1, -0.05) is 32.9 Å². The van der Waals surface area contributed by atoms with Crippen LogP contribution in [0.1, 0.15) is 31.9 Å². The summed E-state index contributed by atoms with van der Waals surface area (Å²) in [5.41, 5.74) is 7.91. The number of nitrogens with zero attached hydrogens (tertiary/aromatic N) is 2. The van der Waals surface area contributed by atoms with Crippen LogP contribution in [-0.4, -0.2) is 9.97 Å². The van der Waals surface area contributed by atoms with Crippen LogP contribution < -0.4 is 10.5 Å². The van der Waals surface area contributed by atoms with Gasteiger partial charge in [0.25, 0.3) is 0 Å². The maximum absolute atomic E-state index is 5.87. The second-order valence-electron chi connectivity index (χ2n) is 5.63. The monoisotopic (exact) mass is 257 g/mol. The second-order valence-corrected chi connectivity index (χ2v) is 5.63. The molecule has 2 N–H and O–H groups in total. The lowest BCUT2D eigenvalue weighted by Crippen LogP contribution is -2.12. The minimum Gasteiger partial charge on any atom is -0.439 e. The Morgan fingerprint density at radius 1 is 1.11 bits per heavy atom. The Labute approximate surface area is 113 Å². The van der Waals surface area contributed by atoms with E-state index in [-0.39, 0.29) is 5.41 Å². The molecular formula is C15H19N3O. The summed E-state index contributed by atoms with van der Waals surface area (Å²) in [4.78, 5) is 7.93. The second kappa shape index (κ2) is 4.88. The van der Waals surface area contributed by atoms with Crippen molar-refractivity contribution in [2.75, 3.05) is 5.73 Å². The minimum atomic E-state index is 0.00160. The van der Waals surface area contributed by atoms with Gasteiger partial charge >= 0.3 is 0 Å². The molecule has 0 amide bonds. The predicted molar refractivity (Wildman–Crippen MR) is 76.4 cm³/mol.